The SMILES string of the molecule is CCNC(=NCc1ccccc1CN1CCCC1=O)N1CCN(c2ccccn2)CC1. The van der Waals surface area contributed by atoms with E-state index >= 15 is 0 Å². The van der Waals surface area contributed by atoms with Crippen LogP contribution in [0.5, 0.6) is 0 Å². The van der Waals surface area contributed by atoms with Crippen LogP contribution in [0.25, 0.3) is 0 Å². The quantitative estimate of drug-likeness (QED) is 0.575. The summed E-state index contributed by atoms with van der Waals surface area (Å²) in [5, 5.41) is 3.45. The third kappa shape index (κ3) is 5.34. The molecule has 1 N–H and O–H groups in total. The Morgan fingerprint density at radius 1 is 1.03 bits per heavy atom. The molecule has 2 saturated heterocycles. The van der Waals surface area contributed by atoms with Crippen LogP contribution >= 0.6 is 0 Å². The van der Waals surface area contributed by atoms with E-state index in [9.17, 15) is 4.79 Å². The summed E-state index contributed by atoms with van der Waals surface area (Å²) in [4.78, 5) is 28.1. The number of nitrogens with one attached hydrogen (secondary N) is 1. The summed E-state index contributed by atoms with van der Waals surface area (Å²) in [6.07, 6.45) is 3.49. The number of likely N-dealkylation sites (tertiary alicyclic amines) is 1. The van der Waals surface area contributed by atoms with Crippen molar-refractivity contribution >= 4 is 17.7 Å². The molecule has 0 aliphatic carbocycles. The minimum absolute atomic E-state index is 0.261. The number of carbonyl (C=O) groups excluding carboxylic acids is 1. The van der Waals surface area contributed by atoms with Gasteiger partial charge in [-0.1, -0.05) is 30.3 Å². The van der Waals surface area contributed by atoms with Crippen LogP contribution in [0.2, 0.25) is 0 Å². The number of pyridine rings is 1. The molecule has 2 aliphatic rings. The van der Waals surface area contributed by atoms with E-state index in [0.717, 1.165) is 57.5 Å². The molecule has 0 saturated carbocycles. The van der Waals surface area contributed by atoms with E-state index in [4.69, 9.17) is 4.99 Å². The molecule has 1 amide bonds. The van der Waals surface area contributed by atoms with Crippen molar-refractivity contribution in [1.29, 1.82) is 0 Å². The first-order valence-corrected chi connectivity index (χ1v) is 11.3. The van der Waals surface area contributed by atoms with Gasteiger partial charge in [0.05, 0.1) is 6.54 Å². The molecule has 31 heavy (non-hydrogen) atoms. The first-order chi connectivity index (χ1) is 15.2. The number of piperazine rings is 1. The number of amides is 1. The summed E-state index contributed by atoms with van der Waals surface area (Å²) in [6, 6.07) is 14.4. The number of rotatable bonds is 6. The van der Waals surface area contributed by atoms with Crippen LogP contribution in [0.3, 0.4) is 0 Å². The van der Waals surface area contributed by atoms with Crippen LogP contribution in [0.1, 0.15) is 30.9 Å². The molecule has 4 rings (SSSR count). The second kappa shape index (κ2) is 10.3. The third-order valence-corrected chi connectivity index (χ3v) is 5.94. The highest BCUT2D eigenvalue weighted by atomic mass is 16.2. The van der Waals surface area contributed by atoms with Crippen molar-refractivity contribution in [1.82, 2.24) is 20.1 Å². The lowest BCUT2D eigenvalue weighted by Crippen LogP contribution is -2.52. The molecule has 7 heteroatoms. The molecule has 3 heterocycles. The summed E-state index contributed by atoms with van der Waals surface area (Å²) in [5.74, 6) is 2.25. The van der Waals surface area contributed by atoms with Crippen molar-refractivity contribution in [3.8, 4) is 0 Å². The van der Waals surface area contributed by atoms with Crippen molar-refractivity contribution in [2.45, 2.75) is 32.9 Å². The van der Waals surface area contributed by atoms with Gasteiger partial charge in [0.25, 0.3) is 0 Å². The molecule has 164 valence electrons. The van der Waals surface area contributed by atoms with Gasteiger partial charge in [0.1, 0.15) is 5.82 Å². The smallest absolute Gasteiger partial charge is 0.222 e. The van der Waals surface area contributed by atoms with E-state index in [1.807, 2.05) is 29.3 Å². The zero-order valence-electron chi connectivity index (χ0n) is 18.3. The zero-order chi connectivity index (χ0) is 21.5. The summed E-state index contributed by atoms with van der Waals surface area (Å²) in [7, 11) is 0. The fraction of sp³-hybridized carbons (Fsp3) is 0.458. The summed E-state index contributed by atoms with van der Waals surface area (Å²) in [6.45, 7) is 8.77. The van der Waals surface area contributed by atoms with Gasteiger partial charge in [-0.05, 0) is 36.6 Å². The van der Waals surface area contributed by atoms with Gasteiger partial charge in [-0.15, -0.1) is 0 Å². The fourth-order valence-electron chi connectivity index (χ4n) is 4.22. The standard InChI is InChI=1S/C24H32N6O/c1-2-25-24(29-16-14-28(15-17-29)22-10-5-6-12-26-22)27-18-20-8-3-4-9-21(20)19-30-13-7-11-23(30)31/h3-6,8-10,12H,2,7,11,13-19H2,1H3,(H,25,27). The lowest BCUT2D eigenvalue weighted by Gasteiger charge is -2.37. The Hall–Kier alpha value is -3.09. The Bertz CT molecular complexity index is 892. The lowest BCUT2D eigenvalue weighted by molar-refractivity contribution is -0.128. The second-order valence-corrected chi connectivity index (χ2v) is 8.02. The van der Waals surface area contributed by atoms with Gasteiger partial charge in [-0.25, -0.2) is 9.98 Å². The molecule has 0 radical (unpaired) electrons. The molecular weight excluding hydrogens is 388 g/mol. The average Bonchev–Trinajstić information content (AvgIpc) is 3.22. The van der Waals surface area contributed by atoms with Crippen LogP contribution in [-0.4, -0.2) is 65.9 Å². The van der Waals surface area contributed by atoms with E-state index in [1.54, 1.807) is 0 Å². The van der Waals surface area contributed by atoms with Gasteiger partial charge < -0.3 is 20.0 Å². The minimum atomic E-state index is 0.261. The van der Waals surface area contributed by atoms with Gasteiger partial charge in [0.2, 0.25) is 5.91 Å². The van der Waals surface area contributed by atoms with Gasteiger partial charge in [0.15, 0.2) is 5.96 Å². The highest BCUT2D eigenvalue weighted by molar-refractivity contribution is 5.80. The number of hydrogen-bond donors (Lipinski definition) is 1. The Morgan fingerprint density at radius 2 is 1.81 bits per heavy atom. The van der Waals surface area contributed by atoms with Gasteiger partial charge in [-0.2, -0.15) is 0 Å². The number of nitrogens with zero attached hydrogens (tertiary/aromatic N) is 5. The lowest BCUT2D eigenvalue weighted by atomic mass is 10.1. The summed E-state index contributed by atoms with van der Waals surface area (Å²) >= 11 is 0. The van der Waals surface area contributed by atoms with Crippen molar-refractivity contribution in [3.05, 3.63) is 59.8 Å². The fourth-order valence-corrected chi connectivity index (χ4v) is 4.22. The Morgan fingerprint density at radius 3 is 2.48 bits per heavy atom. The summed E-state index contributed by atoms with van der Waals surface area (Å²) in [5.41, 5.74) is 2.38. The Labute approximate surface area is 184 Å². The molecule has 0 bridgehead atoms. The van der Waals surface area contributed by atoms with Gasteiger partial charge in [-0.3, -0.25) is 4.79 Å². The molecule has 1 aromatic carbocycles. The Kier molecular flexibility index (Phi) is 7.02. The van der Waals surface area contributed by atoms with Gasteiger partial charge in [0, 0.05) is 58.4 Å². The van der Waals surface area contributed by atoms with E-state index in [0.29, 0.717) is 19.5 Å². The molecular formula is C24H32N6O. The van der Waals surface area contributed by atoms with Crippen LogP contribution in [-0.2, 0) is 17.9 Å². The van der Waals surface area contributed by atoms with Crippen LogP contribution in [0, 0.1) is 0 Å². The third-order valence-electron chi connectivity index (χ3n) is 5.94. The molecule has 2 fully saturated rings. The largest absolute Gasteiger partial charge is 0.357 e. The van der Waals surface area contributed by atoms with Crippen LogP contribution < -0.4 is 10.2 Å². The number of aromatic nitrogens is 1. The average molecular weight is 421 g/mol. The highest BCUT2D eigenvalue weighted by Gasteiger charge is 2.22. The van der Waals surface area contributed by atoms with Crippen LogP contribution in [0.15, 0.2) is 53.7 Å². The maximum Gasteiger partial charge on any atom is 0.222 e. The number of carbonyl (C=O) groups is 1. The molecule has 2 aromatic rings. The van der Waals surface area contributed by atoms with E-state index in [1.165, 1.54) is 11.1 Å². The van der Waals surface area contributed by atoms with Crippen LogP contribution in [0.4, 0.5) is 5.82 Å². The molecule has 7 nitrogen and oxygen atoms in total. The van der Waals surface area contributed by atoms with E-state index in [-0.39, 0.29) is 5.91 Å². The minimum Gasteiger partial charge on any atom is -0.357 e. The second-order valence-electron chi connectivity index (χ2n) is 8.02. The molecule has 0 spiro atoms. The zero-order valence-corrected chi connectivity index (χ0v) is 18.3. The maximum absolute atomic E-state index is 12.1. The van der Waals surface area contributed by atoms with Crippen molar-refractivity contribution in [2.75, 3.05) is 44.2 Å². The van der Waals surface area contributed by atoms with E-state index in [2.05, 4.69) is 51.3 Å². The summed E-state index contributed by atoms with van der Waals surface area (Å²) < 4.78 is 0. The maximum atomic E-state index is 12.1. The first kappa shape index (κ1) is 21.2. The molecule has 2 aliphatic heterocycles. The normalized spacial score (nSPS) is 17.4. The predicted molar refractivity (Wildman–Crippen MR) is 124 cm³/mol. The number of hydrogen-bond acceptors (Lipinski definition) is 4. The van der Waals surface area contributed by atoms with E-state index < -0.39 is 0 Å². The number of guanidine groups is 1. The number of anilines is 1. The van der Waals surface area contributed by atoms with Crippen molar-refractivity contribution in [2.24, 2.45) is 4.99 Å². The number of benzene rings is 1. The molecule has 0 atom stereocenters. The van der Waals surface area contributed by atoms with Gasteiger partial charge >= 0.3 is 0 Å². The van der Waals surface area contributed by atoms with Crippen molar-refractivity contribution in [3.63, 3.8) is 0 Å². The molecule has 0 unspecified atom stereocenters. The number of aliphatic imine (C=N–C) groups is 1. The molecule has 1 aromatic heterocycles. The van der Waals surface area contributed by atoms with Crippen molar-refractivity contribution < 1.29 is 4.79 Å². The first-order valence-electron chi connectivity index (χ1n) is 11.3. The predicted octanol–water partition coefficient (Wildman–Crippen LogP) is 2.49. The topological polar surface area (TPSA) is 64.1 Å². The highest BCUT2D eigenvalue weighted by Crippen LogP contribution is 2.18. The monoisotopic (exact) mass is 420 g/mol. The Balaban J connectivity index is 1.41.